The zero-order chi connectivity index (χ0) is 18.1. The highest BCUT2D eigenvalue weighted by Gasteiger charge is 2.32. The van der Waals surface area contributed by atoms with Crippen LogP contribution in [0, 0.1) is 17.0 Å². The van der Waals surface area contributed by atoms with E-state index in [2.05, 4.69) is 5.32 Å². The van der Waals surface area contributed by atoms with Gasteiger partial charge in [-0.15, -0.1) is 0 Å². The van der Waals surface area contributed by atoms with Crippen molar-refractivity contribution >= 4 is 52.3 Å². The van der Waals surface area contributed by atoms with E-state index in [-0.39, 0.29) is 22.4 Å². The molecule has 3 rings (SSSR count). The van der Waals surface area contributed by atoms with E-state index in [0.29, 0.717) is 16.3 Å². The quantitative estimate of drug-likeness (QED) is 0.383. The molecule has 1 saturated heterocycles. The number of hydrogen-bond acceptors (Lipinski definition) is 4. The van der Waals surface area contributed by atoms with Gasteiger partial charge in [-0.05, 0) is 60.6 Å². The van der Waals surface area contributed by atoms with E-state index in [0.717, 1.165) is 5.56 Å². The summed E-state index contributed by atoms with van der Waals surface area (Å²) >= 11 is 11.4. The summed E-state index contributed by atoms with van der Waals surface area (Å²) in [4.78, 5) is 24.2. The molecular weight excluding hydrogens is 362 g/mol. The lowest BCUT2D eigenvalue weighted by atomic mass is 10.1. The second-order valence-electron chi connectivity index (χ2n) is 5.41. The van der Waals surface area contributed by atoms with Gasteiger partial charge in [-0.1, -0.05) is 17.7 Å². The Morgan fingerprint density at radius 3 is 2.52 bits per heavy atom. The van der Waals surface area contributed by atoms with Crippen LogP contribution in [0.4, 0.5) is 11.4 Å². The third-order valence-electron chi connectivity index (χ3n) is 3.71. The van der Waals surface area contributed by atoms with Crippen molar-refractivity contribution < 1.29 is 9.72 Å². The second-order valence-corrected chi connectivity index (χ2v) is 6.20. The molecule has 1 amide bonds. The number of carbonyl (C=O) groups excluding carboxylic acids is 1. The van der Waals surface area contributed by atoms with E-state index < -0.39 is 4.92 Å². The number of carbonyl (C=O) groups is 1. The zero-order valence-electron chi connectivity index (χ0n) is 13.0. The fourth-order valence-corrected chi connectivity index (χ4v) is 2.82. The number of non-ortho nitro benzene ring substituents is 1. The van der Waals surface area contributed by atoms with Gasteiger partial charge in [0.15, 0.2) is 5.11 Å². The van der Waals surface area contributed by atoms with Crippen LogP contribution in [0.2, 0.25) is 5.02 Å². The smallest absolute Gasteiger partial charge is 0.281 e. The molecule has 1 aliphatic rings. The Balaban J connectivity index is 1.90. The summed E-state index contributed by atoms with van der Waals surface area (Å²) in [6, 6.07) is 11.1. The predicted molar refractivity (Wildman–Crippen MR) is 100 cm³/mol. The first-order valence-corrected chi connectivity index (χ1v) is 8.03. The summed E-state index contributed by atoms with van der Waals surface area (Å²) in [6.45, 7) is 1.87. The number of hydrogen-bond donors (Lipinski definition) is 1. The van der Waals surface area contributed by atoms with Gasteiger partial charge < -0.3 is 5.32 Å². The maximum atomic E-state index is 12.6. The van der Waals surface area contributed by atoms with E-state index in [1.54, 1.807) is 30.3 Å². The molecule has 0 spiro atoms. The Morgan fingerprint density at radius 1 is 1.24 bits per heavy atom. The van der Waals surface area contributed by atoms with Crippen LogP contribution in [0.25, 0.3) is 6.08 Å². The van der Waals surface area contributed by atoms with Crippen LogP contribution in [0.3, 0.4) is 0 Å². The van der Waals surface area contributed by atoms with E-state index in [9.17, 15) is 14.9 Å². The van der Waals surface area contributed by atoms with Crippen molar-refractivity contribution in [2.45, 2.75) is 6.92 Å². The lowest BCUT2D eigenvalue weighted by molar-refractivity contribution is -0.384. The van der Waals surface area contributed by atoms with Crippen LogP contribution in [0.1, 0.15) is 11.1 Å². The fraction of sp³-hybridized carbons (Fsp3) is 0.0588. The Morgan fingerprint density at radius 2 is 1.92 bits per heavy atom. The summed E-state index contributed by atoms with van der Waals surface area (Å²) in [5.74, 6) is -0.316. The van der Waals surface area contributed by atoms with Crippen molar-refractivity contribution in [2.24, 2.45) is 0 Å². The van der Waals surface area contributed by atoms with Crippen molar-refractivity contribution in [2.75, 3.05) is 4.90 Å². The molecule has 1 aliphatic heterocycles. The molecule has 1 fully saturated rings. The van der Waals surface area contributed by atoms with Gasteiger partial charge in [0.2, 0.25) is 0 Å². The standard InChI is InChI=1S/C17H12ClN3O3S/c1-10-2-5-13(9-14(10)18)20-16(22)15(19-17(20)25)8-11-3-6-12(7-4-11)21(23)24/h2-9H,1H3,(H,19,25). The molecule has 1 heterocycles. The third-order valence-corrected chi connectivity index (χ3v) is 4.40. The van der Waals surface area contributed by atoms with Crippen LogP contribution in [0.5, 0.6) is 0 Å². The molecule has 8 heteroatoms. The molecule has 0 aliphatic carbocycles. The van der Waals surface area contributed by atoms with Crippen LogP contribution in [-0.2, 0) is 4.79 Å². The molecule has 0 atom stereocenters. The molecule has 0 aromatic heterocycles. The first-order valence-electron chi connectivity index (χ1n) is 7.24. The summed E-state index contributed by atoms with van der Waals surface area (Å²) in [5, 5.41) is 14.3. The molecule has 0 saturated carbocycles. The molecular formula is C17H12ClN3O3S. The van der Waals surface area contributed by atoms with Crippen LogP contribution < -0.4 is 10.2 Å². The topological polar surface area (TPSA) is 75.5 Å². The van der Waals surface area contributed by atoms with Gasteiger partial charge in [0.1, 0.15) is 5.70 Å². The number of nitrogens with zero attached hydrogens (tertiary/aromatic N) is 2. The number of nitro benzene ring substituents is 1. The summed E-state index contributed by atoms with van der Waals surface area (Å²) in [5.41, 5.74) is 2.39. The van der Waals surface area contributed by atoms with E-state index in [4.69, 9.17) is 23.8 Å². The lowest BCUT2D eigenvalue weighted by Crippen LogP contribution is -2.30. The Bertz CT molecular complexity index is 925. The number of halogens is 1. The van der Waals surface area contributed by atoms with Gasteiger partial charge in [-0.3, -0.25) is 19.8 Å². The minimum absolute atomic E-state index is 0.0145. The van der Waals surface area contributed by atoms with Crippen molar-refractivity contribution in [3.8, 4) is 0 Å². The Hall–Kier alpha value is -2.77. The molecule has 25 heavy (non-hydrogen) atoms. The third kappa shape index (κ3) is 3.38. The van der Waals surface area contributed by atoms with Gasteiger partial charge in [-0.2, -0.15) is 0 Å². The van der Waals surface area contributed by atoms with Crippen molar-refractivity contribution in [1.82, 2.24) is 5.32 Å². The van der Waals surface area contributed by atoms with E-state index in [1.807, 2.05) is 13.0 Å². The van der Waals surface area contributed by atoms with Gasteiger partial charge in [0.25, 0.3) is 11.6 Å². The number of amides is 1. The minimum Gasteiger partial charge on any atom is -0.327 e. The number of aryl methyl sites for hydroxylation is 1. The van der Waals surface area contributed by atoms with Gasteiger partial charge in [-0.25, -0.2) is 0 Å². The number of benzene rings is 2. The second kappa shape index (κ2) is 6.62. The highest BCUT2D eigenvalue weighted by molar-refractivity contribution is 7.80. The highest BCUT2D eigenvalue weighted by Crippen LogP contribution is 2.27. The highest BCUT2D eigenvalue weighted by atomic mass is 35.5. The van der Waals surface area contributed by atoms with E-state index >= 15 is 0 Å². The van der Waals surface area contributed by atoms with Crippen molar-refractivity contribution in [3.05, 3.63) is 74.4 Å². The first kappa shape index (κ1) is 17.1. The summed E-state index contributed by atoms with van der Waals surface area (Å²) in [7, 11) is 0. The molecule has 0 unspecified atom stereocenters. The Labute approximate surface area is 153 Å². The van der Waals surface area contributed by atoms with Crippen molar-refractivity contribution in [1.29, 1.82) is 0 Å². The molecule has 6 nitrogen and oxygen atoms in total. The van der Waals surface area contributed by atoms with Gasteiger partial charge in [0.05, 0.1) is 10.6 Å². The molecule has 1 N–H and O–H groups in total. The van der Waals surface area contributed by atoms with Crippen LogP contribution in [0.15, 0.2) is 48.2 Å². The summed E-state index contributed by atoms with van der Waals surface area (Å²) in [6.07, 6.45) is 1.59. The normalized spacial score (nSPS) is 15.6. The van der Waals surface area contributed by atoms with Crippen molar-refractivity contribution in [3.63, 3.8) is 0 Å². The average Bonchev–Trinajstić information content (AvgIpc) is 2.85. The lowest BCUT2D eigenvalue weighted by Gasteiger charge is -2.14. The SMILES string of the molecule is Cc1ccc(N2C(=O)C(=Cc3ccc([N+](=O)[O-])cc3)NC2=S)cc1Cl. The molecule has 0 bridgehead atoms. The summed E-state index contributed by atoms with van der Waals surface area (Å²) < 4.78 is 0. The maximum Gasteiger partial charge on any atom is 0.281 e. The molecule has 0 radical (unpaired) electrons. The largest absolute Gasteiger partial charge is 0.327 e. The van der Waals surface area contributed by atoms with Crippen LogP contribution >= 0.6 is 23.8 Å². The average molecular weight is 374 g/mol. The monoisotopic (exact) mass is 373 g/mol. The fourth-order valence-electron chi connectivity index (χ4n) is 2.35. The number of thiocarbonyl (C=S) groups is 1. The minimum atomic E-state index is -0.478. The first-order chi connectivity index (χ1) is 11.9. The molecule has 126 valence electrons. The number of nitro groups is 1. The van der Waals surface area contributed by atoms with Crippen LogP contribution in [-0.4, -0.2) is 15.9 Å². The number of anilines is 1. The van der Waals surface area contributed by atoms with E-state index in [1.165, 1.54) is 17.0 Å². The van der Waals surface area contributed by atoms with Gasteiger partial charge >= 0.3 is 0 Å². The van der Waals surface area contributed by atoms with Gasteiger partial charge in [0, 0.05) is 17.2 Å². The maximum absolute atomic E-state index is 12.6. The molecule has 2 aromatic carbocycles. The molecule has 2 aromatic rings. The number of nitrogens with one attached hydrogen (secondary N) is 1. The Kier molecular flexibility index (Phi) is 4.52. The number of rotatable bonds is 3. The predicted octanol–water partition coefficient (Wildman–Crippen LogP) is 3.82. The zero-order valence-corrected chi connectivity index (χ0v) is 14.6.